The maximum absolute atomic E-state index is 10.6. The summed E-state index contributed by atoms with van der Waals surface area (Å²) in [5.41, 5.74) is 1.28. The Hall–Kier alpha value is -1.03. The lowest BCUT2D eigenvalue weighted by molar-refractivity contribution is -0.385. The van der Waals surface area contributed by atoms with Crippen LogP contribution in [0.1, 0.15) is 19.4 Å². The van der Waals surface area contributed by atoms with Crippen LogP contribution in [0.2, 0.25) is 0 Å². The van der Waals surface area contributed by atoms with Crippen LogP contribution in [0.4, 0.5) is 5.69 Å². The van der Waals surface area contributed by atoms with Crippen molar-refractivity contribution in [3.8, 4) is 0 Å². The van der Waals surface area contributed by atoms with E-state index in [1.54, 1.807) is 30.0 Å². The second kappa shape index (κ2) is 5.16. The molecule has 0 N–H and O–H groups in total. The molecule has 0 bridgehead atoms. The van der Waals surface area contributed by atoms with Crippen LogP contribution in [0, 0.1) is 23.0 Å². The summed E-state index contributed by atoms with van der Waals surface area (Å²) in [6.07, 6.45) is 0. The molecule has 0 saturated carbocycles. The molecule has 0 fully saturated rings. The van der Waals surface area contributed by atoms with Gasteiger partial charge in [-0.3, -0.25) is 10.1 Å². The van der Waals surface area contributed by atoms with Crippen molar-refractivity contribution in [2.45, 2.75) is 25.7 Å². The largest absolute Gasteiger partial charge is 0.270 e. The van der Waals surface area contributed by atoms with Gasteiger partial charge >= 0.3 is 0 Å². The van der Waals surface area contributed by atoms with Gasteiger partial charge < -0.3 is 0 Å². The number of nitrogens with zero attached hydrogens (tertiary/aromatic N) is 1. The minimum Gasteiger partial charge on any atom is -0.258 e. The zero-order valence-electron chi connectivity index (χ0n) is 9.19. The lowest BCUT2D eigenvalue weighted by Crippen LogP contribution is -1.93. The third-order valence-electron chi connectivity index (χ3n) is 1.95. The molecule has 1 aromatic rings. The summed E-state index contributed by atoms with van der Waals surface area (Å²) in [5.74, 6) is 1.58. The van der Waals surface area contributed by atoms with Crippen LogP contribution < -0.4 is 0 Å². The van der Waals surface area contributed by atoms with Crippen molar-refractivity contribution in [3.63, 3.8) is 0 Å². The van der Waals surface area contributed by atoms with Crippen molar-refractivity contribution in [1.29, 1.82) is 0 Å². The molecule has 0 atom stereocenters. The van der Waals surface area contributed by atoms with E-state index in [-0.39, 0.29) is 10.6 Å². The van der Waals surface area contributed by atoms with E-state index in [1.807, 2.05) is 6.92 Å². The van der Waals surface area contributed by atoms with Crippen molar-refractivity contribution in [3.05, 3.63) is 33.9 Å². The summed E-state index contributed by atoms with van der Waals surface area (Å²) in [7, 11) is 0. The fourth-order valence-corrected chi connectivity index (χ4v) is 2.13. The minimum atomic E-state index is -0.348. The Bertz CT molecular complexity index is 364. The van der Waals surface area contributed by atoms with E-state index in [1.165, 1.54) is 0 Å². The standard InChI is InChI=1S/C11H15NO2S/c1-8(2)7-15-11-6-10(12(13)14)5-4-9(11)3/h4-6,8H,7H2,1-3H3. The van der Waals surface area contributed by atoms with Crippen molar-refractivity contribution >= 4 is 17.4 Å². The molecule has 0 radical (unpaired) electrons. The number of thioether (sulfide) groups is 1. The van der Waals surface area contributed by atoms with Gasteiger partial charge in [-0.25, -0.2) is 0 Å². The molecular formula is C11H15NO2S. The van der Waals surface area contributed by atoms with Crippen molar-refractivity contribution in [2.24, 2.45) is 5.92 Å². The van der Waals surface area contributed by atoms with Gasteiger partial charge in [0.1, 0.15) is 0 Å². The van der Waals surface area contributed by atoms with E-state index in [2.05, 4.69) is 13.8 Å². The number of aryl methyl sites for hydroxylation is 1. The number of hydrogen-bond donors (Lipinski definition) is 0. The van der Waals surface area contributed by atoms with Gasteiger partial charge in [0.05, 0.1) is 4.92 Å². The molecule has 0 amide bonds. The molecule has 1 rings (SSSR count). The highest BCUT2D eigenvalue weighted by molar-refractivity contribution is 7.99. The summed E-state index contributed by atoms with van der Waals surface area (Å²) in [6, 6.07) is 5.01. The first-order valence-corrected chi connectivity index (χ1v) is 5.87. The van der Waals surface area contributed by atoms with Gasteiger partial charge in [-0.15, -0.1) is 11.8 Å². The minimum absolute atomic E-state index is 0.173. The van der Waals surface area contributed by atoms with Gasteiger partial charge in [-0.05, 0) is 18.4 Å². The van der Waals surface area contributed by atoms with Gasteiger partial charge in [-0.1, -0.05) is 19.9 Å². The quantitative estimate of drug-likeness (QED) is 0.446. The number of benzene rings is 1. The second-order valence-electron chi connectivity index (χ2n) is 3.91. The lowest BCUT2D eigenvalue weighted by Gasteiger charge is -2.07. The summed E-state index contributed by atoms with van der Waals surface area (Å²) in [5, 5.41) is 10.6. The highest BCUT2D eigenvalue weighted by Gasteiger charge is 2.09. The maximum atomic E-state index is 10.6. The SMILES string of the molecule is Cc1ccc([N+](=O)[O-])cc1SCC(C)C. The first-order valence-electron chi connectivity index (χ1n) is 4.88. The zero-order chi connectivity index (χ0) is 11.4. The predicted octanol–water partition coefficient (Wildman–Crippen LogP) is 3.65. The molecule has 0 unspecified atom stereocenters. The molecular weight excluding hydrogens is 210 g/mol. The molecule has 4 heteroatoms. The smallest absolute Gasteiger partial charge is 0.258 e. The van der Waals surface area contributed by atoms with Crippen LogP contribution in [-0.2, 0) is 0 Å². The highest BCUT2D eigenvalue weighted by Crippen LogP contribution is 2.28. The van der Waals surface area contributed by atoms with Crippen LogP contribution in [0.3, 0.4) is 0 Å². The molecule has 3 nitrogen and oxygen atoms in total. The van der Waals surface area contributed by atoms with E-state index < -0.39 is 0 Å². The molecule has 0 heterocycles. The van der Waals surface area contributed by atoms with E-state index in [0.29, 0.717) is 5.92 Å². The molecule has 0 spiro atoms. The topological polar surface area (TPSA) is 43.1 Å². The van der Waals surface area contributed by atoms with Gasteiger partial charge in [0.2, 0.25) is 0 Å². The summed E-state index contributed by atoms with van der Waals surface area (Å²) >= 11 is 1.68. The van der Waals surface area contributed by atoms with Crippen LogP contribution in [0.5, 0.6) is 0 Å². The summed E-state index contributed by atoms with van der Waals surface area (Å²) < 4.78 is 0. The van der Waals surface area contributed by atoms with E-state index in [0.717, 1.165) is 16.2 Å². The van der Waals surface area contributed by atoms with Crippen molar-refractivity contribution < 1.29 is 4.92 Å². The Labute approximate surface area is 94.0 Å². The fourth-order valence-electron chi connectivity index (χ4n) is 1.11. The highest BCUT2D eigenvalue weighted by atomic mass is 32.2. The van der Waals surface area contributed by atoms with Gasteiger partial charge in [0.25, 0.3) is 5.69 Å². The number of nitro benzene ring substituents is 1. The predicted molar refractivity (Wildman–Crippen MR) is 63.4 cm³/mol. The first-order chi connectivity index (χ1) is 7.00. The van der Waals surface area contributed by atoms with Crippen LogP contribution in [0.15, 0.2) is 23.1 Å². The van der Waals surface area contributed by atoms with Gasteiger partial charge in [0.15, 0.2) is 0 Å². The number of rotatable bonds is 4. The Morgan fingerprint density at radius 3 is 2.67 bits per heavy atom. The van der Waals surface area contributed by atoms with Crippen LogP contribution >= 0.6 is 11.8 Å². The molecule has 0 aliphatic carbocycles. The average Bonchev–Trinajstić information content (AvgIpc) is 2.16. The summed E-state index contributed by atoms with van der Waals surface area (Å²) in [6.45, 7) is 6.26. The first kappa shape index (κ1) is 12.0. The molecule has 0 aromatic heterocycles. The second-order valence-corrected chi connectivity index (χ2v) is 4.97. The number of hydrogen-bond acceptors (Lipinski definition) is 3. The molecule has 0 aliphatic heterocycles. The average molecular weight is 225 g/mol. The van der Waals surface area contributed by atoms with Crippen LogP contribution in [0.25, 0.3) is 0 Å². The van der Waals surface area contributed by atoms with E-state index >= 15 is 0 Å². The van der Waals surface area contributed by atoms with E-state index in [4.69, 9.17) is 0 Å². The van der Waals surface area contributed by atoms with Crippen molar-refractivity contribution in [2.75, 3.05) is 5.75 Å². The molecule has 0 saturated heterocycles. The maximum Gasteiger partial charge on any atom is 0.270 e. The molecule has 82 valence electrons. The fraction of sp³-hybridized carbons (Fsp3) is 0.455. The molecule has 1 aromatic carbocycles. The third-order valence-corrected chi connectivity index (χ3v) is 3.54. The van der Waals surface area contributed by atoms with Gasteiger partial charge in [0, 0.05) is 22.8 Å². The lowest BCUT2D eigenvalue weighted by atomic mass is 10.2. The van der Waals surface area contributed by atoms with Crippen molar-refractivity contribution in [1.82, 2.24) is 0 Å². The van der Waals surface area contributed by atoms with Crippen LogP contribution in [-0.4, -0.2) is 10.7 Å². The summed E-state index contributed by atoms with van der Waals surface area (Å²) in [4.78, 5) is 11.3. The Morgan fingerprint density at radius 2 is 2.13 bits per heavy atom. The van der Waals surface area contributed by atoms with E-state index in [9.17, 15) is 10.1 Å². The molecule has 0 aliphatic rings. The van der Waals surface area contributed by atoms with Gasteiger partial charge in [-0.2, -0.15) is 0 Å². The molecule has 15 heavy (non-hydrogen) atoms. The monoisotopic (exact) mass is 225 g/mol. The zero-order valence-corrected chi connectivity index (χ0v) is 10.0. The Balaban J connectivity index is 2.85. The Morgan fingerprint density at radius 1 is 1.47 bits per heavy atom. The number of non-ortho nitro benzene ring substituents is 1. The normalized spacial score (nSPS) is 10.7. The third kappa shape index (κ3) is 3.55. The Kier molecular flexibility index (Phi) is 4.15. The number of nitro groups is 1.